The van der Waals surface area contributed by atoms with Crippen LogP contribution in [0.25, 0.3) is 0 Å². The van der Waals surface area contributed by atoms with E-state index in [0.717, 1.165) is 103 Å². The molecule has 3 aliphatic heterocycles. The van der Waals surface area contributed by atoms with Crippen LogP contribution in [-0.2, 0) is 33.2 Å². The van der Waals surface area contributed by atoms with Gasteiger partial charge in [0.15, 0.2) is 18.9 Å². The molecule has 90 heavy (non-hydrogen) atoms. The van der Waals surface area contributed by atoms with Crippen molar-refractivity contribution in [2.24, 2.45) is 0 Å². The van der Waals surface area contributed by atoms with Gasteiger partial charge in [0.1, 0.15) is 73.2 Å². The molecule has 17 atom stereocenters. The Balaban J connectivity index is 1.23. The molecule has 0 saturated carbocycles. The fourth-order valence-corrected chi connectivity index (χ4v) is 10.5. The first-order valence-electron chi connectivity index (χ1n) is 33.8. The normalized spacial score (nSPS) is 28.8. The number of rotatable bonds is 49. The summed E-state index contributed by atoms with van der Waals surface area (Å²) in [6, 6.07) is -0.976. The summed E-state index contributed by atoms with van der Waals surface area (Å²) in [5.41, 5.74) is 0. The monoisotopic (exact) mass is 1270 g/mol. The lowest BCUT2D eigenvalue weighted by molar-refractivity contribution is -0.379. The van der Waals surface area contributed by atoms with Gasteiger partial charge in [-0.25, -0.2) is 0 Å². The van der Waals surface area contributed by atoms with Crippen LogP contribution < -0.4 is 5.32 Å². The van der Waals surface area contributed by atoms with Gasteiger partial charge in [-0.2, -0.15) is 0 Å². The van der Waals surface area contributed by atoms with E-state index in [-0.39, 0.29) is 18.9 Å². The van der Waals surface area contributed by atoms with Crippen LogP contribution in [0.3, 0.4) is 0 Å². The van der Waals surface area contributed by atoms with Gasteiger partial charge in [0.2, 0.25) is 5.91 Å². The van der Waals surface area contributed by atoms with Crippen molar-refractivity contribution < 1.29 is 89.4 Å². The Kier molecular flexibility index (Phi) is 46.1. The summed E-state index contributed by atoms with van der Waals surface area (Å²) in [6.07, 6.45) is 44.5. The molecule has 3 saturated heterocycles. The van der Waals surface area contributed by atoms with Crippen molar-refractivity contribution in [2.45, 2.75) is 291 Å². The van der Waals surface area contributed by atoms with E-state index in [1.165, 1.54) is 51.4 Å². The molecule has 0 bridgehead atoms. The van der Waals surface area contributed by atoms with E-state index in [9.17, 15) is 61.0 Å². The summed E-state index contributed by atoms with van der Waals surface area (Å²) in [5.74, 6) is -0.292. The van der Waals surface area contributed by atoms with E-state index < -0.39 is 124 Å². The molecule has 0 radical (unpaired) electrons. The number of carbonyl (C=O) groups excluding carboxylic acids is 1. The maximum Gasteiger partial charge on any atom is 0.220 e. The topological polar surface area (TPSA) is 307 Å². The zero-order chi connectivity index (χ0) is 65.4. The second-order valence-electron chi connectivity index (χ2n) is 23.6. The lowest BCUT2D eigenvalue weighted by Crippen LogP contribution is -2.66. The number of unbranched alkanes of at least 4 members (excludes halogenated alkanes) is 15. The van der Waals surface area contributed by atoms with Crippen LogP contribution in [0.15, 0.2) is 122 Å². The summed E-state index contributed by atoms with van der Waals surface area (Å²) in [5, 5.41) is 119. The molecule has 0 aliphatic carbocycles. The van der Waals surface area contributed by atoms with Crippen LogP contribution in [-0.4, -0.2) is 193 Å². The predicted octanol–water partition coefficient (Wildman–Crippen LogP) is 8.43. The standard InChI is InChI=1S/C71H117NO18/c1-3-5-7-9-10-11-12-13-14-15-16-17-18-19-20-21-22-23-24-25-26-27-28-29-30-31-32-33-34-35-36-37-38-39-40-41-42-43-44-45-47-49-59(77)72-54(55(76)48-46-8-6-4-2)53-85-69-65(83)62(80)67(57(51-74)87-69)90-71-66(84)63(81)68(58(52-75)88-71)89-70-64(82)61(79)60(78)56(50-73)86-70/h5,7,10-11,13-14,16-17,19-20,22-23,25-26,28-29,31-32,46,48,54-58,60-71,73-76,78-84H,3-4,6,8-9,12,15,18,21,24,27,30,33-45,47,49-53H2,1-2H3,(H,72,77)/b7-5-,11-10-,14-13-,17-16-,20-19-,23-22-,26-25-,29-28-,32-31-,48-46+. The molecule has 3 rings (SSSR count). The molecular weight excluding hydrogens is 1150 g/mol. The summed E-state index contributed by atoms with van der Waals surface area (Å²) in [7, 11) is 0. The molecular formula is C71H117NO18. The molecule has 17 unspecified atom stereocenters. The minimum Gasteiger partial charge on any atom is -0.394 e. The van der Waals surface area contributed by atoms with Crippen LogP contribution in [0.5, 0.6) is 0 Å². The van der Waals surface area contributed by atoms with Crippen LogP contribution in [0.4, 0.5) is 0 Å². The summed E-state index contributed by atoms with van der Waals surface area (Å²) < 4.78 is 34.0. The molecule has 0 aromatic rings. The van der Waals surface area contributed by atoms with Crippen LogP contribution in [0, 0.1) is 0 Å². The minimum atomic E-state index is -1.98. The molecule has 3 aliphatic rings. The van der Waals surface area contributed by atoms with Crippen molar-refractivity contribution in [3.63, 3.8) is 0 Å². The SMILES string of the molecule is CC/C=C\C/C=C\C/C=C\C/C=C\C/C=C\C/C=C\C/C=C\C/C=C\C/C=C\CCCCCCCCCCCCCCCC(=O)NC(COC1OC(CO)C(OC2OC(CO)C(OC3OC(CO)C(O)C(O)C3O)C(O)C2O)C(O)C1O)C(O)/C=C/CCCC. The molecule has 19 nitrogen and oxygen atoms in total. The lowest BCUT2D eigenvalue weighted by Gasteiger charge is -2.48. The molecule has 3 fully saturated rings. The number of ether oxygens (including phenoxy) is 6. The third kappa shape index (κ3) is 33.3. The second kappa shape index (κ2) is 51.6. The van der Waals surface area contributed by atoms with Crippen LogP contribution in [0.1, 0.15) is 187 Å². The first-order chi connectivity index (χ1) is 43.8. The van der Waals surface area contributed by atoms with Gasteiger partial charge in [-0.1, -0.05) is 219 Å². The van der Waals surface area contributed by atoms with E-state index in [2.05, 4.69) is 122 Å². The number of aliphatic hydroxyl groups is 11. The Morgan fingerprint density at radius 2 is 0.767 bits per heavy atom. The molecule has 1 amide bonds. The average Bonchev–Trinajstić information content (AvgIpc) is 1.63. The van der Waals surface area contributed by atoms with E-state index in [1.807, 2.05) is 13.0 Å². The highest BCUT2D eigenvalue weighted by Gasteiger charge is 2.53. The van der Waals surface area contributed by atoms with Gasteiger partial charge in [-0.05, 0) is 83.5 Å². The van der Waals surface area contributed by atoms with Crippen LogP contribution in [0.2, 0.25) is 0 Å². The highest BCUT2D eigenvalue weighted by Crippen LogP contribution is 2.33. The number of allylic oxidation sites excluding steroid dienone is 19. The third-order valence-corrected chi connectivity index (χ3v) is 16.0. The second-order valence-corrected chi connectivity index (χ2v) is 23.6. The zero-order valence-electron chi connectivity index (χ0n) is 54.1. The zero-order valence-corrected chi connectivity index (χ0v) is 54.1. The smallest absolute Gasteiger partial charge is 0.220 e. The summed E-state index contributed by atoms with van der Waals surface area (Å²) >= 11 is 0. The average molecular weight is 1270 g/mol. The van der Waals surface area contributed by atoms with E-state index in [0.29, 0.717) is 12.8 Å². The van der Waals surface area contributed by atoms with E-state index in [1.54, 1.807) is 6.08 Å². The molecule has 12 N–H and O–H groups in total. The van der Waals surface area contributed by atoms with Crippen molar-refractivity contribution in [1.29, 1.82) is 0 Å². The largest absolute Gasteiger partial charge is 0.394 e. The van der Waals surface area contributed by atoms with Gasteiger partial charge in [-0.3, -0.25) is 4.79 Å². The highest BCUT2D eigenvalue weighted by atomic mass is 16.8. The Bertz CT molecular complexity index is 2100. The van der Waals surface area contributed by atoms with E-state index in [4.69, 9.17) is 28.4 Å². The van der Waals surface area contributed by atoms with Crippen molar-refractivity contribution >= 4 is 5.91 Å². The van der Waals surface area contributed by atoms with Crippen molar-refractivity contribution in [3.8, 4) is 0 Å². The fourth-order valence-electron chi connectivity index (χ4n) is 10.5. The Labute approximate surface area is 538 Å². The molecule has 514 valence electrons. The van der Waals surface area contributed by atoms with Crippen molar-refractivity contribution in [3.05, 3.63) is 122 Å². The van der Waals surface area contributed by atoms with Gasteiger partial charge in [0, 0.05) is 6.42 Å². The molecule has 19 heteroatoms. The molecule has 0 aromatic heterocycles. The van der Waals surface area contributed by atoms with Gasteiger partial charge in [0.05, 0.1) is 38.6 Å². The first kappa shape index (κ1) is 80.4. The summed E-state index contributed by atoms with van der Waals surface area (Å²) in [4.78, 5) is 13.2. The molecule has 0 spiro atoms. The summed E-state index contributed by atoms with van der Waals surface area (Å²) in [6.45, 7) is 1.41. The quantitative estimate of drug-likeness (QED) is 0.0201. The van der Waals surface area contributed by atoms with Gasteiger partial charge >= 0.3 is 0 Å². The van der Waals surface area contributed by atoms with Gasteiger partial charge in [0.25, 0.3) is 0 Å². The molecule has 0 aromatic carbocycles. The van der Waals surface area contributed by atoms with Crippen molar-refractivity contribution in [1.82, 2.24) is 5.32 Å². The Morgan fingerprint density at radius 3 is 1.19 bits per heavy atom. The van der Waals surface area contributed by atoms with Gasteiger partial charge < -0.3 is 89.9 Å². The number of hydrogen-bond acceptors (Lipinski definition) is 18. The maximum absolute atomic E-state index is 13.2. The number of aliphatic hydroxyl groups excluding tert-OH is 11. The lowest BCUT2D eigenvalue weighted by atomic mass is 9.96. The highest BCUT2D eigenvalue weighted by molar-refractivity contribution is 5.76. The first-order valence-corrected chi connectivity index (χ1v) is 33.8. The predicted molar refractivity (Wildman–Crippen MR) is 350 cm³/mol. The number of amides is 1. The third-order valence-electron chi connectivity index (χ3n) is 16.0. The number of carbonyl (C=O) groups is 1. The number of nitrogens with one attached hydrogen (secondary N) is 1. The number of hydrogen-bond donors (Lipinski definition) is 12. The van der Waals surface area contributed by atoms with Gasteiger partial charge in [-0.15, -0.1) is 0 Å². The Morgan fingerprint density at radius 1 is 0.411 bits per heavy atom. The molecule has 3 heterocycles. The maximum atomic E-state index is 13.2. The fraction of sp³-hybridized carbons (Fsp3) is 0.704. The Hall–Kier alpha value is -3.81. The van der Waals surface area contributed by atoms with Crippen LogP contribution >= 0.6 is 0 Å². The van der Waals surface area contributed by atoms with Crippen molar-refractivity contribution in [2.75, 3.05) is 26.4 Å². The minimum absolute atomic E-state index is 0.233. The van der Waals surface area contributed by atoms with E-state index >= 15 is 0 Å².